The molecule has 0 aromatic heterocycles. The zero-order chi connectivity index (χ0) is 20.1. The number of aliphatic hydroxyl groups is 2. The summed E-state index contributed by atoms with van der Waals surface area (Å²) in [7, 11) is 1.39. The average molecular weight is 380 g/mol. The number of esters is 1. The number of carbonyl (C=O) groups excluding carboxylic acids is 2. The van der Waals surface area contributed by atoms with Crippen LogP contribution in [-0.4, -0.2) is 59.1 Å². The summed E-state index contributed by atoms with van der Waals surface area (Å²) in [6.45, 7) is 3.24. The molecule has 8 nitrogen and oxygen atoms in total. The van der Waals surface area contributed by atoms with E-state index in [0.29, 0.717) is 0 Å². The van der Waals surface area contributed by atoms with Crippen molar-refractivity contribution in [2.45, 2.75) is 38.6 Å². The van der Waals surface area contributed by atoms with Crippen molar-refractivity contribution in [2.24, 2.45) is 5.92 Å². The van der Waals surface area contributed by atoms with Gasteiger partial charge in [0.15, 0.2) is 5.78 Å². The highest BCUT2D eigenvalue weighted by Gasteiger charge is 2.27. The molecule has 0 saturated carbocycles. The first kappa shape index (κ1) is 20.7. The molecule has 0 unspecified atom stereocenters. The number of ketones is 1. The Balaban J connectivity index is 2.41. The maximum Gasteiger partial charge on any atom is 0.346 e. The second-order valence-electron chi connectivity index (χ2n) is 6.40. The molecule has 0 spiro atoms. The van der Waals surface area contributed by atoms with Crippen LogP contribution in [0, 0.1) is 5.92 Å². The molecule has 0 saturated heterocycles. The average Bonchev–Trinajstić information content (AvgIpc) is 2.63. The molecule has 0 bridgehead atoms. The minimum Gasteiger partial charge on any atom is -0.507 e. The standard InChI is InChI=1S/C19H24O8/c1-10-4-5-13(20)18(23)14(21)6-7-26-16-9-12(25-3)8-15(22)17(16)19(24)27-11(10)2/h4-5,8-11,14,18,21-23H,6-7H2,1-3H3/b5-4-/t10-,11-,14-,18+/m0/s1. The Labute approximate surface area is 157 Å². The van der Waals surface area contributed by atoms with E-state index in [2.05, 4.69) is 0 Å². The van der Waals surface area contributed by atoms with Gasteiger partial charge in [0.25, 0.3) is 0 Å². The van der Waals surface area contributed by atoms with Crippen LogP contribution < -0.4 is 9.47 Å². The number of hydrogen-bond donors (Lipinski definition) is 3. The number of aliphatic hydroxyl groups excluding tert-OH is 2. The van der Waals surface area contributed by atoms with Crippen LogP contribution in [0.25, 0.3) is 0 Å². The Morgan fingerprint density at radius 3 is 2.56 bits per heavy atom. The molecule has 3 N–H and O–H groups in total. The Bertz CT molecular complexity index is 727. The Hall–Kier alpha value is -2.58. The van der Waals surface area contributed by atoms with Crippen LogP contribution in [-0.2, 0) is 9.53 Å². The van der Waals surface area contributed by atoms with Gasteiger partial charge in [-0.1, -0.05) is 13.0 Å². The van der Waals surface area contributed by atoms with E-state index < -0.39 is 30.1 Å². The molecule has 0 amide bonds. The Morgan fingerprint density at radius 1 is 1.19 bits per heavy atom. The van der Waals surface area contributed by atoms with Gasteiger partial charge in [-0.05, 0) is 13.0 Å². The van der Waals surface area contributed by atoms with E-state index in [1.807, 2.05) is 0 Å². The zero-order valence-electron chi connectivity index (χ0n) is 15.4. The number of fused-ring (bicyclic) bond motifs is 1. The second-order valence-corrected chi connectivity index (χ2v) is 6.40. The van der Waals surface area contributed by atoms with Crippen LogP contribution in [0.2, 0.25) is 0 Å². The molecule has 8 heteroatoms. The maximum absolute atomic E-state index is 12.5. The summed E-state index contributed by atoms with van der Waals surface area (Å²) in [5.74, 6) is -1.88. The first-order chi connectivity index (χ1) is 12.7. The van der Waals surface area contributed by atoms with E-state index in [1.54, 1.807) is 13.8 Å². The molecule has 1 aromatic rings. The minimum absolute atomic E-state index is 0.0114. The molecule has 2 rings (SSSR count). The highest BCUT2D eigenvalue weighted by atomic mass is 16.5. The van der Waals surface area contributed by atoms with Gasteiger partial charge in [0.05, 0.1) is 19.8 Å². The fourth-order valence-electron chi connectivity index (χ4n) is 2.49. The quantitative estimate of drug-likeness (QED) is 0.622. The summed E-state index contributed by atoms with van der Waals surface area (Å²) in [5, 5.41) is 30.1. The van der Waals surface area contributed by atoms with Crippen LogP contribution in [0.4, 0.5) is 0 Å². The largest absolute Gasteiger partial charge is 0.507 e. The fourth-order valence-corrected chi connectivity index (χ4v) is 2.49. The number of hydrogen-bond acceptors (Lipinski definition) is 8. The molecule has 1 aliphatic heterocycles. The summed E-state index contributed by atoms with van der Waals surface area (Å²) in [4.78, 5) is 24.5. The first-order valence-corrected chi connectivity index (χ1v) is 8.57. The third-order valence-electron chi connectivity index (χ3n) is 4.42. The molecule has 0 aliphatic carbocycles. The maximum atomic E-state index is 12.5. The highest BCUT2D eigenvalue weighted by molar-refractivity contribution is 5.96. The number of carbonyl (C=O) groups is 2. The van der Waals surface area contributed by atoms with Crippen LogP contribution >= 0.6 is 0 Å². The number of phenols is 1. The van der Waals surface area contributed by atoms with Crippen molar-refractivity contribution in [2.75, 3.05) is 13.7 Å². The number of methoxy groups -OCH3 is 1. The molecule has 1 heterocycles. The van der Waals surface area contributed by atoms with Crippen molar-refractivity contribution in [3.05, 3.63) is 29.8 Å². The Morgan fingerprint density at radius 2 is 1.89 bits per heavy atom. The highest BCUT2D eigenvalue weighted by Crippen LogP contribution is 2.34. The summed E-state index contributed by atoms with van der Waals surface area (Å²) in [6.07, 6.45) is -0.970. The van der Waals surface area contributed by atoms with Crippen molar-refractivity contribution in [1.82, 2.24) is 0 Å². The summed E-state index contributed by atoms with van der Waals surface area (Å²) < 4.78 is 15.9. The number of rotatable bonds is 1. The van der Waals surface area contributed by atoms with Gasteiger partial charge in [-0.2, -0.15) is 0 Å². The van der Waals surface area contributed by atoms with E-state index in [0.717, 1.165) is 6.08 Å². The van der Waals surface area contributed by atoms with Crippen LogP contribution in [0.3, 0.4) is 0 Å². The minimum atomic E-state index is -1.59. The summed E-state index contributed by atoms with van der Waals surface area (Å²) >= 11 is 0. The molecule has 1 aliphatic rings. The third kappa shape index (κ3) is 4.99. The number of benzene rings is 1. The van der Waals surface area contributed by atoms with Gasteiger partial charge in [-0.3, -0.25) is 4.79 Å². The lowest BCUT2D eigenvalue weighted by Crippen LogP contribution is -2.34. The van der Waals surface area contributed by atoms with Gasteiger partial charge in [0, 0.05) is 24.5 Å². The topological polar surface area (TPSA) is 123 Å². The van der Waals surface area contributed by atoms with E-state index in [-0.39, 0.29) is 41.8 Å². The lowest BCUT2D eigenvalue weighted by Gasteiger charge is -2.21. The van der Waals surface area contributed by atoms with Crippen molar-refractivity contribution >= 4 is 11.8 Å². The zero-order valence-corrected chi connectivity index (χ0v) is 15.4. The molecular formula is C19H24O8. The molecule has 1 aromatic carbocycles. The number of aromatic hydroxyl groups is 1. The monoisotopic (exact) mass is 380 g/mol. The van der Waals surface area contributed by atoms with Crippen molar-refractivity contribution in [3.8, 4) is 17.2 Å². The fraction of sp³-hybridized carbons (Fsp3) is 0.474. The predicted molar refractivity (Wildman–Crippen MR) is 95.0 cm³/mol. The van der Waals surface area contributed by atoms with Gasteiger partial charge in [-0.15, -0.1) is 0 Å². The lowest BCUT2D eigenvalue weighted by atomic mass is 10.0. The van der Waals surface area contributed by atoms with Gasteiger partial charge in [0.1, 0.15) is 35.0 Å². The summed E-state index contributed by atoms with van der Waals surface area (Å²) in [6, 6.07) is 2.67. The van der Waals surface area contributed by atoms with Crippen molar-refractivity contribution in [3.63, 3.8) is 0 Å². The molecule has 0 fully saturated rings. The molecule has 148 valence electrons. The van der Waals surface area contributed by atoms with Crippen molar-refractivity contribution in [1.29, 1.82) is 0 Å². The van der Waals surface area contributed by atoms with Gasteiger partial charge >= 0.3 is 5.97 Å². The van der Waals surface area contributed by atoms with Crippen molar-refractivity contribution < 1.29 is 39.1 Å². The van der Waals surface area contributed by atoms with Gasteiger partial charge < -0.3 is 29.5 Å². The summed E-state index contributed by atoms with van der Waals surface area (Å²) in [5.41, 5.74) is -0.165. The SMILES string of the molecule is COc1cc(O)c2c(c1)OCC[C@H](O)[C@H](O)C(=O)/C=C\[C@H](C)[C@H](C)OC2=O. The number of ether oxygens (including phenoxy) is 3. The predicted octanol–water partition coefficient (Wildman–Crippen LogP) is 1.21. The normalized spacial score (nSPS) is 28.3. The third-order valence-corrected chi connectivity index (χ3v) is 4.42. The smallest absolute Gasteiger partial charge is 0.346 e. The van der Waals surface area contributed by atoms with Crippen LogP contribution in [0.1, 0.15) is 30.6 Å². The second kappa shape index (κ2) is 8.88. The molecule has 27 heavy (non-hydrogen) atoms. The van der Waals surface area contributed by atoms with E-state index in [1.165, 1.54) is 25.3 Å². The Kier molecular flexibility index (Phi) is 6.81. The lowest BCUT2D eigenvalue weighted by molar-refractivity contribution is -0.128. The van der Waals surface area contributed by atoms with Crippen LogP contribution in [0.5, 0.6) is 17.2 Å². The molecule has 0 radical (unpaired) electrons. The number of phenolic OH excluding ortho intramolecular Hbond substituents is 1. The van der Waals surface area contributed by atoms with E-state index in [4.69, 9.17) is 14.2 Å². The van der Waals surface area contributed by atoms with E-state index in [9.17, 15) is 24.9 Å². The van der Waals surface area contributed by atoms with Gasteiger partial charge in [-0.25, -0.2) is 4.79 Å². The number of cyclic esters (lactones) is 1. The van der Waals surface area contributed by atoms with Crippen LogP contribution in [0.15, 0.2) is 24.3 Å². The molecular weight excluding hydrogens is 356 g/mol. The van der Waals surface area contributed by atoms with Gasteiger partial charge in [0.2, 0.25) is 0 Å². The van der Waals surface area contributed by atoms with E-state index >= 15 is 0 Å². The molecule has 4 atom stereocenters. The first-order valence-electron chi connectivity index (χ1n) is 8.57.